The van der Waals surface area contributed by atoms with Gasteiger partial charge in [-0.15, -0.1) is 11.3 Å². The Balaban J connectivity index is 2.23. The quantitative estimate of drug-likeness (QED) is 0.922. The fourth-order valence-electron chi connectivity index (χ4n) is 2.73. The predicted molar refractivity (Wildman–Crippen MR) is 84.9 cm³/mol. The second-order valence-electron chi connectivity index (χ2n) is 5.51. The minimum atomic E-state index is -2.87. The maximum Gasteiger partial charge on any atom is 0.151 e. The van der Waals surface area contributed by atoms with Crippen LogP contribution in [0.25, 0.3) is 0 Å². The van der Waals surface area contributed by atoms with Crippen LogP contribution in [0.5, 0.6) is 0 Å². The van der Waals surface area contributed by atoms with Crippen molar-refractivity contribution < 1.29 is 8.42 Å². The largest absolute Gasteiger partial charge is 0.326 e. The van der Waals surface area contributed by atoms with Crippen molar-refractivity contribution in [2.24, 2.45) is 5.73 Å². The van der Waals surface area contributed by atoms with E-state index >= 15 is 0 Å². The first-order valence-corrected chi connectivity index (χ1v) is 9.83. The molecule has 0 aliphatic carbocycles. The van der Waals surface area contributed by atoms with Crippen LogP contribution in [0.4, 0.5) is 0 Å². The average Bonchev–Trinajstić information content (AvgIpc) is 2.73. The van der Waals surface area contributed by atoms with Crippen LogP contribution < -0.4 is 5.73 Å². The van der Waals surface area contributed by atoms with Crippen LogP contribution in [0.15, 0.2) is 12.1 Å². The average molecular weight is 316 g/mol. The summed E-state index contributed by atoms with van der Waals surface area (Å²) < 4.78 is 23.5. The summed E-state index contributed by atoms with van der Waals surface area (Å²) in [5, 5.41) is 0. The molecular weight excluding hydrogens is 292 g/mol. The van der Waals surface area contributed by atoms with Gasteiger partial charge in [-0.3, -0.25) is 4.90 Å². The third-order valence-corrected chi connectivity index (χ3v) is 6.70. The lowest BCUT2D eigenvalue weighted by molar-refractivity contribution is 0.185. The molecule has 1 aromatic heterocycles. The number of aryl methyl sites for hydroxylation is 1. The van der Waals surface area contributed by atoms with Gasteiger partial charge in [0.2, 0.25) is 0 Å². The molecule has 4 nitrogen and oxygen atoms in total. The van der Waals surface area contributed by atoms with Gasteiger partial charge >= 0.3 is 0 Å². The minimum absolute atomic E-state index is 0.0499. The van der Waals surface area contributed by atoms with Crippen LogP contribution in [0.3, 0.4) is 0 Å². The lowest BCUT2D eigenvalue weighted by atomic mass is 10.0. The highest BCUT2D eigenvalue weighted by atomic mass is 32.2. The second kappa shape index (κ2) is 6.56. The third-order valence-electron chi connectivity index (χ3n) is 3.91. The lowest BCUT2D eigenvalue weighted by Crippen LogP contribution is -2.41. The van der Waals surface area contributed by atoms with Crippen molar-refractivity contribution in [2.45, 2.75) is 38.8 Å². The van der Waals surface area contributed by atoms with Crippen LogP contribution in [0, 0.1) is 6.92 Å². The van der Waals surface area contributed by atoms with Crippen molar-refractivity contribution >= 4 is 21.2 Å². The number of nitrogens with zero attached hydrogens (tertiary/aromatic N) is 1. The molecule has 2 heterocycles. The zero-order valence-corrected chi connectivity index (χ0v) is 13.8. The van der Waals surface area contributed by atoms with Crippen molar-refractivity contribution in [3.05, 3.63) is 21.9 Å². The van der Waals surface area contributed by atoms with Gasteiger partial charge in [0, 0.05) is 22.3 Å². The predicted octanol–water partition coefficient (Wildman–Crippen LogP) is 1.96. The summed E-state index contributed by atoms with van der Waals surface area (Å²) in [6, 6.07) is 4.45. The highest BCUT2D eigenvalue weighted by molar-refractivity contribution is 7.91. The van der Waals surface area contributed by atoms with E-state index < -0.39 is 9.84 Å². The molecule has 1 aliphatic heterocycles. The Morgan fingerprint density at radius 2 is 2.10 bits per heavy atom. The number of hydrogen-bond donors (Lipinski definition) is 1. The van der Waals surface area contributed by atoms with E-state index in [1.807, 2.05) is 0 Å². The van der Waals surface area contributed by atoms with Crippen molar-refractivity contribution in [1.82, 2.24) is 4.90 Å². The zero-order chi connectivity index (χ0) is 14.8. The minimum Gasteiger partial charge on any atom is -0.326 e. The van der Waals surface area contributed by atoms with Crippen LogP contribution in [0.2, 0.25) is 0 Å². The first-order valence-electron chi connectivity index (χ1n) is 7.19. The molecule has 20 heavy (non-hydrogen) atoms. The Hall–Kier alpha value is -0.430. The summed E-state index contributed by atoms with van der Waals surface area (Å²) in [5.74, 6) is 0.561. The Morgan fingerprint density at radius 3 is 2.70 bits per heavy atom. The third kappa shape index (κ3) is 3.81. The van der Waals surface area contributed by atoms with Crippen molar-refractivity contribution in [1.29, 1.82) is 0 Å². The number of sulfone groups is 1. The molecule has 0 radical (unpaired) electrons. The van der Waals surface area contributed by atoms with Crippen molar-refractivity contribution in [3.63, 3.8) is 0 Å². The summed E-state index contributed by atoms with van der Waals surface area (Å²) in [6.07, 6.45) is 1.60. The molecule has 2 unspecified atom stereocenters. The van der Waals surface area contributed by atoms with Gasteiger partial charge in [-0.2, -0.15) is 0 Å². The van der Waals surface area contributed by atoms with E-state index in [1.54, 1.807) is 11.3 Å². The van der Waals surface area contributed by atoms with Gasteiger partial charge in [0.25, 0.3) is 0 Å². The Bertz CT molecular complexity index is 539. The van der Waals surface area contributed by atoms with Crippen molar-refractivity contribution in [2.75, 3.05) is 24.6 Å². The van der Waals surface area contributed by atoms with Gasteiger partial charge in [0.1, 0.15) is 0 Å². The van der Waals surface area contributed by atoms with Crippen LogP contribution >= 0.6 is 11.3 Å². The first-order chi connectivity index (χ1) is 9.43. The lowest BCUT2D eigenvalue weighted by Gasteiger charge is -2.33. The summed E-state index contributed by atoms with van der Waals surface area (Å²) in [4.78, 5) is 4.80. The summed E-state index contributed by atoms with van der Waals surface area (Å²) in [5.41, 5.74) is 6.32. The molecule has 0 spiro atoms. The topological polar surface area (TPSA) is 63.4 Å². The molecule has 0 saturated carbocycles. The standard InChI is InChI=1S/C14H24N2O2S2/c1-3-12(15)14(13-6-5-11(2)19-13)16-7-4-9-20(17,18)10-8-16/h5-6,12,14H,3-4,7-10,15H2,1-2H3. The highest BCUT2D eigenvalue weighted by Gasteiger charge is 2.30. The molecule has 114 valence electrons. The normalized spacial score (nSPS) is 23.1. The molecule has 0 bridgehead atoms. The van der Waals surface area contributed by atoms with Gasteiger partial charge in [0.05, 0.1) is 17.5 Å². The molecule has 6 heteroatoms. The summed E-state index contributed by atoms with van der Waals surface area (Å²) >= 11 is 1.77. The van der Waals surface area contributed by atoms with E-state index in [0.717, 1.165) is 13.0 Å². The maximum absolute atomic E-state index is 11.8. The molecule has 0 amide bonds. The Kier molecular flexibility index (Phi) is 5.23. The first kappa shape index (κ1) is 15.9. The monoisotopic (exact) mass is 316 g/mol. The molecule has 2 atom stereocenters. The van der Waals surface area contributed by atoms with Crippen LogP contribution in [-0.2, 0) is 9.84 Å². The van der Waals surface area contributed by atoms with E-state index in [2.05, 4.69) is 30.9 Å². The smallest absolute Gasteiger partial charge is 0.151 e. The van der Waals surface area contributed by atoms with E-state index in [4.69, 9.17) is 5.73 Å². The SMILES string of the molecule is CCC(N)C(c1ccc(C)s1)N1CCCS(=O)(=O)CC1. The Labute approximate surface area is 125 Å². The van der Waals surface area contributed by atoms with Gasteiger partial charge in [-0.1, -0.05) is 6.92 Å². The fourth-order valence-corrected chi connectivity index (χ4v) is 5.11. The molecular formula is C14H24N2O2S2. The number of thiophene rings is 1. The van der Waals surface area contributed by atoms with Crippen LogP contribution in [-0.4, -0.2) is 44.0 Å². The number of nitrogens with two attached hydrogens (primary N) is 1. The molecule has 1 fully saturated rings. The van der Waals surface area contributed by atoms with E-state index in [1.165, 1.54) is 9.75 Å². The van der Waals surface area contributed by atoms with E-state index in [9.17, 15) is 8.42 Å². The van der Waals surface area contributed by atoms with Gasteiger partial charge in [0.15, 0.2) is 9.84 Å². The molecule has 1 aromatic rings. The number of rotatable bonds is 4. The van der Waals surface area contributed by atoms with E-state index in [-0.39, 0.29) is 17.8 Å². The molecule has 2 rings (SSSR count). The van der Waals surface area contributed by atoms with Crippen molar-refractivity contribution in [3.8, 4) is 0 Å². The van der Waals surface area contributed by atoms with Gasteiger partial charge in [-0.25, -0.2) is 8.42 Å². The second-order valence-corrected chi connectivity index (χ2v) is 9.13. The van der Waals surface area contributed by atoms with Crippen LogP contribution in [0.1, 0.15) is 35.6 Å². The fraction of sp³-hybridized carbons (Fsp3) is 0.714. The molecule has 0 aromatic carbocycles. The van der Waals surface area contributed by atoms with Gasteiger partial charge in [-0.05, 0) is 38.4 Å². The summed E-state index contributed by atoms with van der Waals surface area (Å²) in [7, 11) is -2.87. The maximum atomic E-state index is 11.8. The molecule has 1 saturated heterocycles. The summed E-state index contributed by atoms with van der Waals surface area (Å²) in [6.45, 7) is 5.59. The molecule has 2 N–H and O–H groups in total. The number of hydrogen-bond acceptors (Lipinski definition) is 5. The highest BCUT2D eigenvalue weighted by Crippen LogP contribution is 2.31. The van der Waals surface area contributed by atoms with E-state index in [0.29, 0.717) is 18.7 Å². The Morgan fingerprint density at radius 1 is 1.35 bits per heavy atom. The molecule has 1 aliphatic rings. The van der Waals surface area contributed by atoms with Gasteiger partial charge < -0.3 is 5.73 Å². The zero-order valence-electron chi connectivity index (χ0n) is 12.2.